The number of benzene rings is 1. The third kappa shape index (κ3) is 3.63. The number of carbonyl (C=O) groups excluding carboxylic acids is 1. The van der Waals surface area contributed by atoms with Crippen molar-refractivity contribution in [3.63, 3.8) is 0 Å². The molecule has 84 valence electrons. The summed E-state index contributed by atoms with van der Waals surface area (Å²) in [5, 5.41) is 2.80. The average molecular weight is 233 g/mol. The van der Waals surface area contributed by atoms with E-state index in [2.05, 4.69) is 23.9 Å². The van der Waals surface area contributed by atoms with E-state index in [9.17, 15) is 4.79 Å². The van der Waals surface area contributed by atoms with E-state index in [1.165, 1.54) is 0 Å². The van der Waals surface area contributed by atoms with Crippen LogP contribution in [-0.4, -0.2) is 11.9 Å². The molecule has 0 saturated carbocycles. The molecule has 0 radical (unpaired) electrons. The van der Waals surface area contributed by atoms with Crippen molar-refractivity contribution in [2.45, 2.75) is 30.7 Å². The molecule has 1 N–H and O–H groups in total. The van der Waals surface area contributed by atoms with E-state index in [4.69, 9.17) is 6.42 Å². The summed E-state index contributed by atoms with van der Waals surface area (Å²) in [6.45, 7) is 2.03. The summed E-state index contributed by atoms with van der Waals surface area (Å²) in [6.07, 6.45) is 7.08. The first-order chi connectivity index (χ1) is 7.67. The lowest BCUT2D eigenvalue weighted by molar-refractivity contribution is 0.0944. The van der Waals surface area contributed by atoms with Crippen LogP contribution in [0.2, 0.25) is 0 Å². The van der Waals surface area contributed by atoms with Crippen LogP contribution >= 0.6 is 12.6 Å². The van der Waals surface area contributed by atoms with Crippen molar-refractivity contribution < 1.29 is 4.79 Å². The van der Waals surface area contributed by atoms with Crippen molar-refractivity contribution in [2.75, 3.05) is 0 Å². The SMILES string of the molecule is C#CC(CCC)NC(=O)c1cccc(S)c1. The van der Waals surface area contributed by atoms with Gasteiger partial charge < -0.3 is 5.32 Å². The summed E-state index contributed by atoms with van der Waals surface area (Å²) < 4.78 is 0. The lowest BCUT2D eigenvalue weighted by Gasteiger charge is -2.12. The summed E-state index contributed by atoms with van der Waals surface area (Å²) >= 11 is 4.18. The molecule has 1 atom stereocenters. The van der Waals surface area contributed by atoms with E-state index in [-0.39, 0.29) is 11.9 Å². The molecule has 0 aliphatic rings. The van der Waals surface area contributed by atoms with Crippen LogP contribution in [0.4, 0.5) is 0 Å². The first-order valence-corrected chi connectivity index (χ1v) is 5.68. The Morgan fingerprint density at radius 2 is 2.38 bits per heavy atom. The predicted octanol–water partition coefficient (Wildman–Crippen LogP) is 2.51. The fraction of sp³-hybridized carbons (Fsp3) is 0.308. The standard InChI is InChI=1S/C13H15NOS/c1-3-6-11(4-2)14-13(15)10-7-5-8-12(16)9-10/h2,5,7-9,11,16H,3,6H2,1H3,(H,14,15). The van der Waals surface area contributed by atoms with E-state index in [0.717, 1.165) is 17.7 Å². The maximum absolute atomic E-state index is 11.8. The molecule has 1 aromatic carbocycles. The van der Waals surface area contributed by atoms with Crippen LogP contribution in [0.25, 0.3) is 0 Å². The maximum Gasteiger partial charge on any atom is 0.252 e. The van der Waals surface area contributed by atoms with Gasteiger partial charge in [0.15, 0.2) is 0 Å². The monoisotopic (exact) mass is 233 g/mol. The molecular weight excluding hydrogens is 218 g/mol. The molecule has 0 fully saturated rings. The Bertz CT molecular complexity index is 409. The minimum absolute atomic E-state index is 0.146. The van der Waals surface area contributed by atoms with Crippen molar-refractivity contribution in [1.82, 2.24) is 5.32 Å². The summed E-state index contributed by atoms with van der Waals surface area (Å²) in [5.74, 6) is 2.42. The summed E-state index contributed by atoms with van der Waals surface area (Å²) in [7, 11) is 0. The second-order valence-corrected chi connectivity index (χ2v) is 4.05. The Morgan fingerprint density at radius 3 is 2.94 bits per heavy atom. The van der Waals surface area contributed by atoms with Gasteiger partial charge in [0.2, 0.25) is 0 Å². The Kier molecular flexibility index (Phi) is 4.94. The van der Waals surface area contributed by atoms with E-state index < -0.39 is 0 Å². The molecule has 0 spiro atoms. The molecule has 0 aromatic heterocycles. The minimum atomic E-state index is -0.193. The second kappa shape index (κ2) is 6.24. The van der Waals surface area contributed by atoms with Crippen LogP contribution < -0.4 is 5.32 Å². The molecule has 0 aliphatic carbocycles. The molecule has 1 amide bonds. The fourth-order valence-corrected chi connectivity index (χ4v) is 1.60. The minimum Gasteiger partial charge on any atom is -0.338 e. The van der Waals surface area contributed by atoms with Crippen LogP contribution in [0.1, 0.15) is 30.1 Å². The maximum atomic E-state index is 11.8. The van der Waals surface area contributed by atoms with Crippen molar-refractivity contribution in [2.24, 2.45) is 0 Å². The van der Waals surface area contributed by atoms with Gasteiger partial charge in [0, 0.05) is 10.5 Å². The predicted molar refractivity (Wildman–Crippen MR) is 68.7 cm³/mol. The highest BCUT2D eigenvalue weighted by Gasteiger charge is 2.10. The van der Waals surface area contributed by atoms with E-state index in [1.807, 2.05) is 13.0 Å². The Morgan fingerprint density at radius 1 is 1.62 bits per heavy atom. The third-order valence-electron chi connectivity index (χ3n) is 2.19. The van der Waals surface area contributed by atoms with Gasteiger partial charge in [-0.2, -0.15) is 0 Å². The summed E-state index contributed by atoms with van der Waals surface area (Å²) in [5.41, 5.74) is 0.587. The zero-order valence-electron chi connectivity index (χ0n) is 9.23. The highest BCUT2D eigenvalue weighted by atomic mass is 32.1. The second-order valence-electron chi connectivity index (χ2n) is 3.53. The molecular formula is C13H15NOS. The number of carbonyl (C=O) groups is 1. The van der Waals surface area contributed by atoms with Crippen LogP contribution in [0.15, 0.2) is 29.2 Å². The van der Waals surface area contributed by atoms with E-state index in [1.54, 1.807) is 18.2 Å². The van der Waals surface area contributed by atoms with E-state index in [0.29, 0.717) is 5.56 Å². The molecule has 3 heteroatoms. The molecule has 2 nitrogen and oxygen atoms in total. The fourth-order valence-electron chi connectivity index (χ4n) is 1.37. The van der Waals surface area contributed by atoms with Gasteiger partial charge in [0.25, 0.3) is 5.91 Å². The van der Waals surface area contributed by atoms with Crippen LogP contribution in [0.5, 0.6) is 0 Å². The quantitative estimate of drug-likeness (QED) is 0.607. The molecule has 16 heavy (non-hydrogen) atoms. The molecule has 1 aromatic rings. The lowest BCUT2D eigenvalue weighted by Crippen LogP contribution is -2.33. The number of hydrogen-bond donors (Lipinski definition) is 2. The smallest absolute Gasteiger partial charge is 0.252 e. The van der Waals surface area contributed by atoms with Gasteiger partial charge in [-0.25, -0.2) is 0 Å². The van der Waals surface area contributed by atoms with Crippen molar-refractivity contribution in [3.8, 4) is 12.3 Å². The van der Waals surface area contributed by atoms with Crippen molar-refractivity contribution in [3.05, 3.63) is 29.8 Å². The summed E-state index contributed by atoms with van der Waals surface area (Å²) in [6, 6.07) is 6.89. The molecule has 1 unspecified atom stereocenters. The Labute approximate surface area is 102 Å². The first-order valence-electron chi connectivity index (χ1n) is 5.23. The number of thiol groups is 1. The number of amides is 1. The average Bonchev–Trinajstić information content (AvgIpc) is 2.28. The number of terminal acetylenes is 1. The highest BCUT2D eigenvalue weighted by Crippen LogP contribution is 2.09. The Balaban J connectivity index is 2.69. The number of rotatable bonds is 4. The largest absolute Gasteiger partial charge is 0.338 e. The van der Waals surface area contributed by atoms with Gasteiger partial charge in [0.05, 0.1) is 6.04 Å². The molecule has 1 rings (SSSR count). The normalized spacial score (nSPS) is 11.6. The lowest BCUT2D eigenvalue weighted by atomic mass is 10.1. The van der Waals surface area contributed by atoms with Crippen LogP contribution in [-0.2, 0) is 0 Å². The van der Waals surface area contributed by atoms with Crippen molar-refractivity contribution >= 4 is 18.5 Å². The number of nitrogens with one attached hydrogen (secondary N) is 1. The van der Waals surface area contributed by atoms with Crippen LogP contribution in [0, 0.1) is 12.3 Å². The van der Waals surface area contributed by atoms with Gasteiger partial charge in [-0.05, 0) is 24.6 Å². The zero-order valence-corrected chi connectivity index (χ0v) is 10.1. The highest BCUT2D eigenvalue weighted by molar-refractivity contribution is 7.80. The Hall–Kier alpha value is -1.40. The molecule has 0 bridgehead atoms. The van der Waals surface area contributed by atoms with Crippen LogP contribution in [0.3, 0.4) is 0 Å². The van der Waals surface area contributed by atoms with Gasteiger partial charge in [-0.3, -0.25) is 4.79 Å². The topological polar surface area (TPSA) is 29.1 Å². The van der Waals surface area contributed by atoms with E-state index >= 15 is 0 Å². The zero-order chi connectivity index (χ0) is 12.0. The molecule has 0 saturated heterocycles. The number of hydrogen-bond acceptors (Lipinski definition) is 2. The van der Waals surface area contributed by atoms with Gasteiger partial charge in [0.1, 0.15) is 0 Å². The summed E-state index contributed by atoms with van der Waals surface area (Å²) in [4.78, 5) is 12.6. The molecule has 0 aliphatic heterocycles. The molecule has 0 heterocycles. The third-order valence-corrected chi connectivity index (χ3v) is 2.47. The van der Waals surface area contributed by atoms with Gasteiger partial charge in [-0.15, -0.1) is 19.1 Å². The van der Waals surface area contributed by atoms with Gasteiger partial charge >= 0.3 is 0 Å². The van der Waals surface area contributed by atoms with Crippen molar-refractivity contribution in [1.29, 1.82) is 0 Å². The van der Waals surface area contributed by atoms with Gasteiger partial charge in [-0.1, -0.05) is 25.3 Å². The first kappa shape index (κ1) is 12.7.